The zero-order valence-corrected chi connectivity index (χ0v) is 17.4. The van der Waals surface area contributed by atoms with E-state index in [1.54, 1.807) is 29.2 Å². The maximum absolute atomic E-state index is 13.9. The minimum atomic E-state index is -4.52. The Morgan fingerprint density at radius 1 is 1.27 bits per heavy atom. The molecule has 5 nitrogen and oxygen atoms in total. The van der Waals surface area contributed by atoms with E-state index in [1.165, 1.54) is 0 Å². The maximum atomic E-state index is 13.9. The predicted molar refractivity (Wildman–Crippen MR) is 109 cm³/mol. The van der Waals surface area contributed by atoms with E-state index < -0.39 is 24.2 Å². The van der Waals surface area contributed by atoms with Gasteiger partial charge in [-0.25, -0.2) is 4.68 Å². The summed E-state index contributed by atoms with van der Waals surface area (Å²) in [6.45, 7) is 2.57. The fraction of sp³-hybridized carbons (Fsp3) is 0.524. The highest BCUT2D eigenvalue weighted by molar-refractivity contribution is 6.36. The van der Waals surface area contributed by atoms with E-state index in [0.717, 1.165) is 35.9 Å². The first kappa shape index (κ1) is 21.0. The lowest BCUT2D eigenvalue weighted by Gasteiger charge is -2.34. The minimum Gasteiger partial charge on any atom is -0.362 e. The summed E-state index contributed by atoms with van der Waals surface area (Å²) < 4.78 is 42.5. The van der Waals surface area contributed by atoms with Crippen molar-refractivity contribution in [2.24, 2.45) is 0 Å². The third-order valence-corrected chi connectivity index (χ3v) is 6.42. The monoisotopic (exact) mass is 440 g/mol. The molecule has 2 aromatic rings. The largest absolute Gasteiger partial charge is 0.410 e. The van der Waals surface area contributed by atoms with Crippen LogP contribution in [0.25, 0.3) is 0 Å². The van der Waals surface area contributed by atoms with Gasteiger partial charge in [0, 0.05) is 19.0 Å². The Hall–Kier alpha value is -2.22. The van der Waals surface area contributed by atoms with Crippen LogP contribution in [0.15, 0.2) is 30.3 Å². The third kappa shape index (κ3) is 3.77. The highest BCUT2D eigenvalue weighted by Gasteiger charge is 2.48. The Kier molecular flexibility index (Phi) is 5.70. The van der Waals surface area contributed by atoms with E-state index >= 15 is 0 Å². The Balaban J connectivity index is 1.72. The summed E-state index contributed by atoms with van der Waals surface area (Å²) in [5, 5.41) is 7.12. The van der Waals surface area contributed by atoms with Crippen molar-refractivity contribution in [3.05, 3.63) is 46.6 Å². The number of piperidine rings is 1. The van der Waals surface area contributed by atoms with Crippen LogP contribution < -0.4 is 5.32 Å². The fourth-order valence-corrected chi connectivity index (χ4v) is 4.72. The Morgan fingerprint density at radius 3 is 2.67 bits per heavy atom. The molecule has 30 heavy (non-hydrogen) atoms. The van der Waals surface area contributed by atoms with Crippen molar-refractivity contribution in [2.75, 3.05) is 11.9 Å². The van der Waals surface area contributed by atoms with Crippen LogP contribution in [0.4, 0.5) is 19.0 Å². The van der Waals surface area contributed by atoms with Gasteiger partial charge in [-0.3, -0.25) is 4.79 Å². The van der Waals surface area contributed by atoms with Crippen molar-refractivity contribution in [1.82, 2.24) is 14.7 Å². The van der Waals surface area contributed by atoms with Crippen LogP contribution in [-0.2, 0) is 0 Å². The van der Waals surface area contributed by atoms with Gasteiger partial charge < -0.3 is 10.2 Å². The highest BCUT2D eigenvalue weighted by atomic mass is 35.5. The quantitative estimate of drug-likeness (QED) is 0.675. The summed E-state index contributed by atoms with van der Waals surface area (Å²) in [6, 6.07) is 6.54. The lowest BCUT2D eigenvalue weighted by Crippen LogP contribution is -2.43. The molecule has 2 aliphatic heterocycles. The number of halogens is 4. The summed E-state index contributed by atoms with van der Waals surface area (Å²) in [6.07, 6.45) is -1.17. The molecule has 1 aromatic heterocycles. The van der Waals surface area contributed by atoms with Gasteiger partial charge in [0.25, 0.3) is 5.91 Å². The number of likely N-dealkylation sites (tertiary alicyclic amines) is 1. The molecule has 1 saturated heterocycles. The molecule has 2 aliphatic rings. The van der Waals surface area contributed by atoms with E-state index in [4.69, 9.17) is 11.6 Å². The standard InChI is InChI=1S/C21H24ClF3N4O/c1-2-14-10-6-7-11-28(14)20(30)18-17(22)19-26-15(13-8-4-3-5-9-13)12-16(21(23,24)25)29(19)27-18/h3-5,8-9,14-16,26H,2,6-7,10-12H2,1H3/t14-,15+,16-/m0/s1. The smallest absolute Gasteiger partial charge is 0.362 e. The highest BCUT2D eigenvalue weighted by Crippen LogP contribution is 2.46. The molecule has 0 unspecified atom stereocenters. The maximum Gasteiger partial charge on any atom is 0.410 e. The molecule has 0 aliphatic carbocycles. The molecule has 1 fully saturated rings. The Labute approximate surface area is 178 Å². The lowest BCUT2D eigenvalue weighted by molar-refractivity contribution is -0.173. The zero-order valence-electron chi connectivity index (χ0n) is 16.6. The molecule has 0 spiro atoms. The molecule has 1 amide bonds. The molecule has 3 atom stereocenters. The van der Waals surface area contributed by atoms with E-state index in [0.29, 0.717) is 6.54 Å². The van der Waals surface area contributed by atoms with Crippen LogP contribution in [-0.4, -0.2) is 39.4 Å². The number of nitrogens with zero attached hydrogens (tertiary/aromatic N) is 3. The predicted octanol–water partition coefficient (Wildman–Crippen LogP) is 5.60. The van der Waals surface area contributed by atoms with Crippen LogP contribution in [0.2, 0.25) is 5.02 Å². The SMILES string of the molecule is CC[C@H]1CCCCN1C(=O)c1nn2c(c1Cl)N[C@@H](c1ccccc1)C[C@H]2C(F)(F)F. The normalized spacial score (nSPS) is 24.3. The summed E-state index contributed by atoms with van der Waals surface area (Å²) in [4.78, 5) is 14.9. The molecule has 0 saturated carbocycles. The van der Waals surface area contributed by atoms with Crippen molar-refractivity contribution < 1.29 is 18.0 Å². The number of carbonyl (C=O) groups excluding carboxylic acids is 1. The summed E-state index contributed by atoms with van der Waals surface area (Å²) in [5.41, 5.74) is 0.618. The number of alkyl halides is 3. The van der Waals surface area contributed by atoms with Crippen molar-refractivity contribution >= 4 is 23.3 Å². The van der Waals surface area contributed by atoms with Gasteiger partial charge in [-0.15, -0.1) is 0 Å². The third-order valence-electron chi connectivity index (χ3n) is 6.06. The number of hydrogen-bond donors (Lipinski definition) is 1. The first-order chi connectivity index (χ1) is 14.3. The second-order valence-electron chi connectivity index (χ2n) is 7.91. The molecule has 0 radical (unpaired) electrons. The number of nitrogens with one attached hydrogen (secondary N) is 1. The van der Waals surface area contributed by atoms with Gasteiger partial charge >= 0.3 is 6.18 Å². The molecule has 3 heterocycles. The molecule has 9 heteroatoms. The number of carbonyl (C=O) groups is 1. The molecule has 1 N–H and O–H groups in total. The topological polar surface area (TPSA) is 50.2 Å². The number of rotatable bonds is 3. The number of aromatic nitrogens is 2. The molecule has 4 rings (SSSR count). The summed E-state index contributed by atoms with van der Waals surface area (Å²) in [7, 11) is 0. The van der Waals surface area contributed by atoms with Crippen molar-refractivity contribution in [3.63, 3.8) is 0 Å². The molecule has 1 aromatic carbocycles. The van der Waals surface area contributed by atoms with Crippen LogP contribution in [0, 0.1) is 0 Å². The van der Waals surface area contributed by atoms with Gasteiger partial charge in [0.15, 0.2) is 11.7 Å². The van der Waals surface area contributed by atoms with Crippen molar-refractivity contribution in [3.8, 4) is 0 Å². The van der Waals surface area contributed by atoms with E-state index in [-0.39, 0.29) is 29.0 Å². The summed E-state index contributed by atoms with van der Waals surface area (Å²) in [5.74, 6) is -0.347. The fourth-order valence-electron chi connectivity index (χ4n) is 4.46. The average Bonchev–Trinajstić information content (AvgIpc) is 3.09. The van der Waals surface area contributed by atoms with Gasteiger partial charge in [0.1, 0.15) is 10.8 Å². The molecular weight excluding hydrogens is 417 g/mol. The van der Waals surface area contributed by atoms with Crippen molar-refractivity contribution in [2.45, 2.75) is 63.3 Å². The van der Waals surface area contributed by atoms with E-state index in [2.05, 4.69) is 10.4 Å². The van der Waals surface area contributed by atoms with E-state index in [1.807, 2.05) is 13.0 Å². The van der Waals surface area contributed by atoms with E-state index in [9.17, 15) is 18.0 Å². The second kappa shape index (κ2) is 8.13. The van der Waals surface area contributed by atoms with Gasteiger partial charge in [-0.1, -0.05) is 48.9 Å². The second-order valence-corrected chi connectivity index (χ2v) is 8.29. The first-order valence-electron chi connectivity index (χ1n) is 10.3. The molecule has 162 valence electrons. The Morgan fingerprint density at radius 2 is 2.00 bits per heavy atom. The zero-order chi connectivity index (χ0) is 21.5. The van der Waals surface area contributed by atoms with Gasteiger partial charge in [0.2, 0.25) is 0 Å². The van der Waals surface area contributed by atoms with Crippen molar-refractivity contribution in [1.29, 1.82) is 0 Å². The number of benzene rings is 1. The van der Waals surface area contributed by atoms with Crippen LogP contribution in [0.5, 0.6) is 0 Å². The van der Waals surface area contributed by atoms with Gasteiger partial charge in [-0.2, -0.15) is 18.3 Å². The summed E-state index contributed by atoms with van der Waals surface area (Å²) >= 11 is 6.45. The van der Waals surface area contributed by atoms with Crippen LogP contribution in [0.3, 0.4) is 0 Å². The van der Waals surface area contributed by atoms with Crippen LogP contribution in [0.1, 0.15) is 67.2 Å². The minimum absolute atomic E-state index is 0.0460. The average molecular weight is 441 g/mol. The number of amides is 1. The van der Waals surface area contributed by atoms with Gasteiger partial charge in [-0.05, 0) is 31.2 Å². The number of hydrogen-bond acceptors (Lipinski definition) is 3. The molecular formula is C21H24ClF3N4O. The Bertz CT molecular complexity index is 915. The van der Waals surface area contributed by atoms with Crippen LogP contribution >= 0.6 is 11.6 Å². The first-order valence-corrected chi connectivity index (χ1v) is 10.7. The molecule has 0 bridgehead atoms. The number of fused-ring (bicyclic) bond motifs is 1. The lowest BCUT2D eigenvalue weighted by atomic mass is 9.97. The number of anilines is 1. The van der Waals surface area contributed by atoms with Gasteiger partial charge in [0.05, 0.1) is 6.04 Å².